The van der Waals surface area contributed by atoms with Crippen molar-refractivity contribution in [3.05, 3.63) is 22.7 Å². The predicted molar refractivity (Wildman–Crippen MR) is 56.8 cm³/mol. The molecule has 0 aliphatic heterocycles. The summed E-state index contributed by atoms with van der Waals surface area (Å²) in [5.41, 5.74) is -0.289. The van der Waals surface area contributed by atoms with Crippen molar-refractivity contribution in [2.24, 2.45) is 0 Å². The summed E-state index contributed by atoms with van der Waals surface area (Å²) in [6, 6.07) is 0. The van der Waals surface area contributed by atoms with E-state index in [1.54, 1.807) is 11.9 Å². The highest BCUT2D eigenvalue weighted by molar-refractivity contribution is 5.80. The molecule has 2 N–H and O–H groups in total. The van der Waals surface area contributed by atoms with Crippen LogP contribution in [0.25, 0.3) is 0 Å². The minimum absolute atomic E-state index is 0.132. The first-order valence-electron chi connectivity index (χ1n) is 4.68. The van der Waals surface area contributed by atoms with Crippen molar-refractivity contribution < 1.29 is 4.79 Å². The Kier molecular flexibility index (Phi) is 3.84. The Morgan fingerprint density at radius 1 is 1.67 bits per heavy atom. The van der Waals surface area contributed by atoms with E-state index in [-0.39, 0.29) is 23.8 Å². The molecule has 1 amide bonds. The highest BCUT2D eigenvalue weighted by atomic mass is 16.2. The van der Waals surface area contributed by atoms with Crippen molar-refractivity contribution in [3.63, 3.8) is 0 Å². The van der Waals surface area contributed by atoms with Gasteiger partial charge in [-0.1, -0.05) is 0 Å². The van der Waals surface area contributed by atoms with E-state index in [4.69, 9.17) is 0 Å². The normalized spacial score (nSPS) is 9.73. The molecule has 0 atom stereocenters. The summed E-state index contributed by atoms with van der Waals surface area (Å²) < 4.78 is 0. The molecule has 1 rings (SSSR count). The van der Waals surface area contributed by atoms with Gasteiger partial charge in [0, 0.05) is 26.0 Å². The molecule has 0 aliphatic rings. The number of carbonyl (C=O) groups excluding carboxylic acids is 1. The van der Waals surface area contributed by atoms with Crippen molar-refractivity contribution in [2.45, 2.75) is 6.92 Å². The first-order valence-corrected chi connectivity index (χ1v) is 4.68. The van der Waals surface area contributed by atoms with E-state index in [9.17, 15) is 9.59 Å². The largest absolute Gasteiger partial charge is 0.358 e. The van der Waals surface area contributed by atoms with Gasteiger partial charge in [0.1, 0.15) is 0 Å². The molecule has 0 saturated heterocycles. The molecule has 0 aliphatic carbocycles. The Balaban J connectivity index is 2.88. The van der Waals surface area contributed by atoms with E-state index in [0.717, 1.165) is 0 Å². The maximum absolute atomic E-state index is 11.4. The Labute approximate surface area is 87.3 Å². The van der Waals surface area contributed by atoms with Crippen molar-refractivity contribution in [2.75, 3.05) is 25.0 Å². The lowest BCUT2D eigenvalue weighted by atomic mass is 10.4. The second-order valence-corrected chi connectivity index (χ2v) is 2.93. The van der Waals surface area contributed by atoms with Gasteiger partial charge in [-0.3, -0.25) is 9.59 Å². The number of likely N-dealkylation sites (N-methyl/N-ethyl adjacent to an activating group) is 2. The van der Waals surface area contributed by atoms with E-state index >= 15 is 0 Å². The maximum atomic E-state index is 11.4. The monoisotopic (exact) mass is 210 g/mol. The Morgan fingerprint density at radius 2 is 2.40 bits per heavy atom. The molecule has 0 aromatic carbocycles. The molecule has 15 heavy (non-hydrogen) atoms. The molecule has 82 valence electrons. The van der Waals surface area contributed by atoms with E-state index < -0.39 is 0 Å². The second-order valence-electron chi connectivity index (χ2n) is 2.93. The fourth-order valence-corrected chi connectivity index (χ4v) is 1.16. The van der Waals surface area contributed by atoms with Gasteiger partial charge in [0.05, 0.1) is 6.54 Å². The number of H-pyrrole nitrogens is 1. The van der Waals surface area contributed by atoms with Crippen LogP contribution in [0.15, 0.2) is 17.2 Å². The highest BCUT2D eigenvalue weighted by Gasteiger charge is 2.12. The molecule has 0 bridgehead atoms. The van der Waals surface area contributed by atoms with Gasteiger partial charge in [-0.05, 0) is 6.92 Å². The van der Waals surface area contributed by atoms with Crippen molar-refractivity contribution >= 4 is 11.7 Å². The van der Waals surface area contributed by atoms with Crippen LogP contribution in [0.3, 0.4) is 0 Å². The fraction of sp³-hybridized carbons (Fsp3) is 0.444. The summed E-state index contributed by atoms with van der Waals surface area (Å²) in [6.07, 6.45) is 2.95. The highest BCUT2D eigenvalue weighted by Crippen LogP contribution is 2.00. The van der Waals surface area contributed by atoms with E-state index in [0.29, 0.717) is 6.54 Å². The van der Waals surface area contributed by atoms with Crippen LogP contribution in [0.5, 0.6) is 0 Å². The number of rotatable bonds is 4. The maximum Gasteiger partial charge on any atom is 0.290 e. The molecule has 1 aromatic rings. The van der Waals surface area contributed by atoms with Crippen LogP contribution in [-0.4, -0.2) is 36.0 Å². The summed E-state index contributed by atoms with van der Waals surface area (Å²) in [5.74, 6) is 0.116. The summed E-state index contributed by atoms with van der Waals surface area (Å²) in [7, 11) is 1.55. The smallest absolute Gasteiger partial charge is 0.290 e. The summed E-state index contributed by atoms with van der Waals surface area (Å²) >= 11 is 0. The molecule has 6 heteroatoms. The van der Waals surface area contributed by atoms with Gasteiger partial charge in [-0.2, -0.15) is 0 Å². The Bertz CT molecular complexity index is 388. The minimum atomic E-state index is -0.289. The van der Waals surface area contributed by atoms with E-state index in [1.807, 2.05) is 6.92 Å². The average molecular weight is 210 g/mol. The fourth-order valence-electron chi connectivity index (χ4n) is 1.16. The summed E-state index contributed by atoms with van der Waals surface area (Å²) in [4.78, 5) is 30.6. The number of hydrogen-bond donors (Lipinski definition) is 2. The Hall–Kier alpha value is -1.85. The first-order chi connectivity index (χ1) is 7.19. The van der Waals surface area contributed by atoms with Crippen LogP contribution >= 0.6 is 0 Å². The van der Waals surface area contributed by atoms with Crippen LogP contribution in [0.2, 0.25) is 0 Å². The molecule has 1 heterocycles. The molecular weight excluding hydrogens is 196 g/mol. The zero-order chi connectivity index (χ0) is 11.3. The molecule has 0 fully saturated rings. The average Bonchev–Trinajstić information content (AvgIpc) is 2.26. The summed E-state index contributed by atoms with van der Waals surface area (Å²) in [5, 5.41) is 2.50. The third-order valence-electron chi connectivity index (χ3n) is 1.98. The van der Waals surface area contributed by atoms with E-state index in [2.05, 4.69) is 15.3 Å². The van der Waals surface area contributed by atoms with Gasteiger partial charge < -0.3 is 15.2 Å². The van der Waals surface area contributed by atoms with Crippen LogP contribution in [0, 0.1) is 0 Å². The number of carbonyl (C=O) groups is 1. The zero-order valence-electron chi connectivity index (χ0n) is 8.78. The third-order valence-corrected chi connectivity index (χ3v) is 1.98. The number of anilines is 1. The second kappa shape index (κ2) is 5.14. The predicted octanol–water partition coefficient (Wildman–Crippen LogP) is -0.658. The molecular formula is C9H14N4O2. The van der Waals surface area contributed by atoms with E-state index in [1.165, 1.54) is 12.4 Å². The Morgan fingerprint density at radius 3 is 2.93 bits per heavy atom. The van der Waals surface area contributed by atoms with Crippen LogP contribution in [0.4, 0.5) is 5.82 Å². The van der Waals surface area contributed by atoms with Gasteiger partial charge >= 0.3 is 0 Å². The van der Waals surface area contributed by atoms with Gasteiger partial charge in [0.25, 0.3) is 5.56 Å². The van der Waals surface area contributed by atoms with Crippen molar-refractivity contribution in [1.29, 1.82) is 0 Å². The lowest BCUT2D eigenvalue weighted by Gasteiger charge is -2.19. The van der Waals surface area contributed by atoms with Gasteiger partial charge in [0.2, 0.25) is 5.91 Å². The number of aromatic amines is 1. The third kappa shape index (κ3) is 2.80. The van der Waals surface area contributed by atoms with Gasteiger partial charge in [0.15, 0.2) is 5.82 Å². The molecule has 0 radical (unpaired) electrons. The van der Waals surface area contributed by atoms with Crippen molar-refractivity contribution in [3.8, 4) is 0 Å². The molecule has 1 aromatic heterocycles. The number of hydrogen-bond acceptors (Lipinski definition) is 4. The van der Waals surface area contributed by atoms with Crippen LogP contribution in [-0.2, 0) is 4.79 Å². The van der Waals surface area contributed by atoms with Gasteiger partial charge in [-0.15, -0.1) is 0 Å². The molecule has 0 unspecified atom stereocenters. The lowest BCUT2D eigenvalue weighted by Crippen LogP contribution is -2.38. The quantitative estimate of drug-likeness (QED) is 0.691. The van der Waals surface area contributed by atoms with Crippen LogP contribution in [0.1, 0.15) is 6.92 Å². The van der Waals surface area contributed by atoms with Gasteiger partial charge in [-0.25, -0.2) is 4.98 Å². The molecule has 0 spiro atoms. The summed E-state index contributed by atoms with van der Waals surface area (Å²) in [6.45, 7) is 2.54. The number of amides is 1. The number of nitrogens with one attached hydrogen (secondary N) is 2. The minimum Gasteiger partial charge on any atom is -0.358 e. The zero-order valence-corrected chi connectivity index (χ0v) is 8.78. The standard InChI is InChI=1S/C9H14N4O2/c1-3-13(6-7(14)10-2)8-9(15)12-5-4-11-8/h4-5H,3,6H2,1-2H3,(H,10,14)(H,12,15). The van der Waals surface area contributed by atoms with Crippen LogP contribution < -0.4 is 15.8 Å². The molecule has 0 saturated carbocycles. The number of nitrogens with zero attached hydrogens (tertiary/aromatic N) is 2. The first kappa shape index (κ1) is 11.2. The SMILES string of the molecule is CCN(CC(=O)NC)c1ncc[nH]c1=O. The lowest BCUT2D eigenvalue weighted by molar-refractivity contribution is -0.119. The topological polar surface area (TPSA) is 78.1 Å². The van der Waals surface area contributed by atoms with Crippen molar-refractivity contribution in [1.82, 2.24) is 15.3 Å². The number of aromatic nitrogens is 2. The molecule has 6 nitrogen and oxygen atoms in total.